The minimum atomic E-state index is -2.56. The van der Waals surface area contributed by atoms with E-state index in [1.165, 1.54) is 0 Å². The van der Waals surface area contributed by atoms with Gasteiger partial charge in [-0.25, -0.2) is 8.61 Å². The molecule has 0 saturated carbocycles. The molecule has 1 aromatic carbocycles. The molecule has 1 aliphatic rings. The molecule has 1 unspecified atom stereocenters. The Labute approximate surface area is 83.6 Å². The third-order valence-corrected chi connectivity index (χ3v) is 3.65. The highest BCUT2D eigenvalue weighted by atomic mass is 32.2. The summed E-state index contributed by atoms with van der Waals surface area (Å²) in [5.41, 5.74) is 1.07. The highest BCUT2D eigenvalue weighted by molar-refractivity contribution is 7.99. The average molecular weight is 209 g/mol. The third-order valence-electron chi connectivity index (χ3n) is 2.24. The van der Waals surface area contributed by atoms with Crippen LogP contribution in [0.15, 0.2) is 27.5 Å². The van der Waals surface area contributed by atoms with E-state index in [4.69, 9.17) is 4.74 Å². The van der Waals surface area contributed by atoms with Crippen LogP contribution in [0.3, 0.4) is 0 Å². The molecule has 4 heteroatoms. The lowest BCUT2D eigenvalue weighted by Crippen LogP contribution is -1.95. The van der Waals surface area contributed by atoms with Gasteiger partial charge in [-0.2, -0.15) is 0 Å². The van der Waals surface area contributed by atoms with E-state index in [1.807, 2.05) is 12.1 Å². The number of nitrogens with zero attached hydrogens (tertiary/aromatic N) is 1. The van der Waals surface area contributed by atoms with Gasteiger partial charge >= 0.3 is 0 Å². The van der Waals surface area contributed by atoms with Crippen LogP contribution < -0.4 is 4.74 Å². The lowest BCUT2D eigenvalue weighted by molar-refractivity contribution is 0.356. The van der Waals surface area contributed by atoms with Crippen LogP contribution in [0, 0.1) is 0 Å². The number of hydrogen-bond donors (Lipinski definition) is 0. The van der Waals surface area contributed by atoms with E-state index in [2.05, 4.69) is 17.0 Å². The van der Waals surface area contributed by atoms with Gasteiger partial charge in [0, 0.05) is 13.1 Å². The van der Waals surface area contributed by atoms with Gasteiger partial charge < -0.3 is 4.74 Å². The van der Waals surface area contributed by atoms with E-state index in [-0.39, 0.29) is 0 Å². The Balaban J connectivity index is 2.53. The first-order valence-electron chi connectivity index (χ1n) is 4.24. The molecule has 0 radical (unpaired) electrons. The molecule has 0 saturated heterocycles. The molecule has 1 atom stereocenters. The normalized spacial score (nSPS) is 18.0. The van der Waals surface area contributed by atoms with Crippen LogP contribution in [0.1, 0.15) is 5.56 Å². The molecule has 0 amide bonds. The molecule has 0 bridgehead atoms. The summed E-state index contributed by atoms with van der Waals surface area (Å²) in [6.45, 7) is 3.98. The predicted molar refractivity (Wildman–Crippen MR) is 58.7 cm³/mol. The van der Waals surface area contributed by atoms with Gasteiger partial charge in [-0.15, -0.1) is 0 Å². The van der Waals surface area contributed by atoms with Crippen molar-refractivity contribution in [2.45, 2.75) is 11.3 Å². The molecule has 0 aliphatic carbocycles. The van der Waals surface area contributed by atoms with Crippen LogP contribution >= 0.6 is 0 Å². The fourth-order valence-corrected chi connectivity index (χ4v) is 2.19. The van der Waals surface area contributed by atoms with Gasteiger partial charge in [0.1, 0.15) is 5.75 Å². The molecular formula is C10H11NO2S. The topological polar surface area (TPSA) is 38.7 Å². The van der Waals surface area contributed by atoms with Crippen molar-refractivity contribution < 1.29 is 8.95 Å². The second-order valence-corrected chi connectivity index (χ2v) is 5.15. The number of rotatable bonds is 2. The van der Waals surface area contributed by atoms with Gasteiger partial charge in [-0.3, -0.25) is 0 Å². The maximum Gasteiger partial charge on any atom is 0.122 e. The maximum atomic E-state index is 11.8. The first-order chi connectivity index (χ1) is 6.63. The number of benzene rings is 1. The van der Waals surface area contributed by atoms with Gasteiger partial charge in [0.05, 0.1) is 21.2 Å². The zero-order valence-electron chi connectivity index (χ0n) is 7.73. The fourth-order valence-electron chi connectivity index (χ4n) is 1.44. The summed E-state index contributed by atoms with van der Waals surface area (Å²) in [6, 6.07) is 5.38. The summed E-state index contributed by atoms with van der Waals surface area (Å²) in [5, 5.41) is 0. The summed E-state index contributed by atoms with van der Waals surface area (Å²) in [6.07, 6.45) is 0.857. The zero-order valence-corrected chi connectivity index (χ0v) is 8.55. The van der Waals surface area contributed by atoms with E-state index >= 15 is 0 Å². The Morgan fingerprint density at radius 3 is 3.00 bits per heavy atom. The molecule has 0 N–H and O–H groups in total. The summed E-state index contributed by atoms with van der Waals surface area (Å²) in [7, 11) is -2.56. The van der Waals surface area contributed by atoms with Crippen molar-refractivity contribution in [2.75, 3.05) is 6.61 Å². The molecule has 1 aromatic rings. The quantitative estimate of drug-likeness (QED) is 0.544. The minimum absolute atomic E-state index is 0.622. The molecule has 2 rings (SSSR count). The molecule has 0 spiro atoms. The van der Waals surface area contributed by atoms with Crippen molar-refractivity contribution in [3.8, 4) is 5.75 Å². The second kappa shape index (κ2) is 3.13. The van der Waals surface area contributed by atoms with Gasteiger partial charge in [-0.05, 0) is 29.6 Å². The van der Waals surface area contributed by atoms with Crippen LogP contribution in [0.2, 0.25) is 0 Å². The molecule has 0 aromatic heterocycles. The Hall–Kier alpha value is -1.29. The third kappa shape index (κ3) is 1.42. The largest absolute Gasteiger partial charge is 0.493 e. The monoisotopic (exact) mass is 209 g/mol. The molecule has 3 nitrogen and oxygen atoms in total. The maximum absolute atomic E-state index is 11.8. The zero-order chi connectivity index (χ0) is 10.2. The second-order valence-electron chi connectivity index (χ2n) is 3.14. The van der Waals surface area contributed by atoms with E-state index < -0.39 is 9.71 Å². The van der Waals surface area contributed by atoms with E-state index in [0.29, 0.717) is 11.5 Å². The van der Waals surface area contributed by atoms with Crippen LogP contribution in [-0.4, -0.2) is 23.4 Å². The highest BCUT2D eigenvalue weighted by Crippen LogP contribution is 2.27. The van der Waals surface area contributed by atoms with Gasteiger partial charge in [0.15, 0.2) is 0 Å². The molecule has 0 fully saturated rings. The Morgan fingerprint density at radius 2 is 2.29 bits per heavy atom. The van der Waals surface area contributed by atoms with Crippen molar-refractivity contribution in [1.29, 1.82) is 0 Å². The Bertz CT molecular complexity index is 477. The lowest BCUT2D eigenvalue weighted by Gasteiger charge is -2.04. The first-order valence-corrected chi connectivity index (χ1v) is 5.93. The highest BCUT2D eigenvalue weighted by Gasteiger charge is 2.14. The Morgan fingerprint density at radius 1 is 1.50 bits per heavy atom. The number of hydrogen-bond acceptors (Lipinski definition) is 2. The fraction of sp³-hybridized carbons (Fsp3) is 0.200. The molecule has 74 valence electrons. The smallest absolute Gasteiger partial charge is 0.122 e. The lowest BCUT2D eigenvalue weighted by atomic mass is 10.2. The van der Waals surface area contributed by atoms with Crippen LogP contribution in [-0.2, 0) is 16.1 Å². The van der Waals surface area contributed by atoms with Crippen LogP contribution in [0.4, 0.5) is 0 Å². The number of ether oxygens (including phenoxy) is 1. The summed E-state index contributed by atoms with van der Waals surface area (Å²) >= 11 is 0. The van der Waals surface area contributed by atoms with Crippen molar-refractivity contribution in [1.82, 2.24) is 0 Å². The van der Waals surface area contributed by atoms with Gasteiger partial charge in [-0.1, -0.05) is 0 Å². The van der Waals surface area contributed by atoms with Crippen molar-refractivity contribution in [3.05, 3.63) is 23.8 Å². The summed E-state index contributed by atoms with van der Waals surface area (Å²) in [4.78, 5) is 0.622. The predicted octanol–water partition coefficient (Wildman–Crippen LogP) is 1.31. The molecular weight excluding hydrogens is 198 g/mol. The van der Waals surface area contributed by atoms with Crippen molar-refractivity contribution in [2.24, 2.45) is 4.40 Å². The van der Waals surface area contributed by atoms with Crippen LogP contribution in [0.5, 0.6) is 5.75 Å². The first kappa shape index (κ1) is 9.27. The Kier molecular flexibility index (Phi) is 2.07. The number of fused-ring (bicyclic) bond motifs is 1. The van der Waals surface area contributed by atoms with Gasteiger partial charge in [0.2, 0.25) is 0 Å². The van der Waals surface area contributed by atoms with E-state index in [0.717, 1.165) is 17.7 Å². The molecule has 1 heterocycles. The SMILES string of the molecule is C=NS(=C)(=O)c1ccc2c(c1)CCO2. The minimum Gasteiger partial charge on any atom is -0.493 e. The standard InChI is InChI=1S/C10H11NO2S/c1-11-14(2,12)9-3-4-10-8(7-9)5-6-13-10/h3-4,7H,1-2,5-6H2. The average Bonchev–Trinajstić information content (AvgIpc) is 2.64. The summed E-state index contributed by atoms with van der Waals surface area (Å²) < 4.78 is 20.7. The van der Waals surface area contributed by atoms with Crippen molar-refractivity contribution >= 4 is 22.3 Å². The van der Waals surface area contributed by atoms with E-state index in [9.17, 15) is 4.21 Å². The van der Waals surface area contributed by atoms with E-state index in [1.54, 1.807) is 6.07 Å². The summed E-state index contributed by atoms with van der Waals surface area (Å²) in [5.74, 6) is 4.41. The van der Waals surface area contributed by atoms with Crippen molar-refractivity contribution in [3.63, 3.8) is 0 Å². The van der Waals surface area contributed by atoms with Gasteiger partial charge in [0.25, 0.3) is 0 Å². The van der Waals surface area contributed by atoms with Crippen LogP contribution in [0.25, 0.3) is 0 Å². The molecule has 1 aliphatic heterocycles. The molecule has 14 heavy (non-hydrogen) atoms.